The second kappa shape index (κ2) is 3.88. The Balaban J connectivity index is 3.40. The maximum absolute atomic E-state index is 13.0. The Labute approximate surface area is 82.2 Å². The van der Waals surface area contributed by atoms with Crippen molar-refractivity contribution in [1.82, 2.24) is 0 Å². The molecule has 0 aliphatic rings. The minimum Gasteiger partial charge on any atom is -0.465 e. The second-order valence-corrected chi connectivity index (χ2v) is 2.72. The number of methoxy groups -OCH3 is 1. The van der Waals surface area contributed by atoms with E-state index in [1.165, 1.54) is 0 Å². The fourth-order valence-corrected chi connectivity index (χ4v) is 0.969. The van der Waals surface area contributed by atoms with Crippen LogP contribution >= 0.6 is 11.6 Å². The number of carbonyl (C=O) groups is 1. The SMILES string of the molecule is COC(=O)c1cc(F)c(Cl)c(F)c1F. The number of hydrogen-bond donors (Lipinski definition) is 0. The average molecular weight is 225 g/mol. The van der Waals surface area contributed by atoms with Crippen LogP contribution in [0.3, 0.4) is 0 Å². The minimum atomic E-state index is -1.60. The number of benzene rings is 1. The monoisotopic (exact) mass is 224 g/mol. The quantitative estimate of drug-likeness (QED) is 0.416. The molecule has 76 valence electrons. The molecule has 0 atom stereocenters. The van der Waals surface area contributed by atoms with Crippen molar-refractivity contribution >= 4 is 17.6 Å². The van der Waals surface area contributed by atoms with Crippen LogP contribution in [0.25, 0.3) is 0 Å². The van der Waals surface area contributed by atoms with E-state index in [2.05, 4.69) is 4.74 Å². The van der Waals surface area contributed by atoms with Crippen molar-refractivity contribution in [2.24, 2.45) is 0 Å². The molecule has 0 unspecified atom stereocenters. The van der Waals surface area contributed by atoms with E-state index in [4.69, 9.17) is 11.6 Å². The Kier molecular flexibility index (Phi) is 3.00. The van der Waals surface area contributed by atoms with Crippen molar-refractivity contribution in [3.8, 4) is 0 Å². The van der Waals surface area contributed by atoms with E-state index in [9.17, 15) is 18.0 Å². The topological polar surface area (TPSA) is 26.3 Å². The van der Waals surface area contributed by atoms with Crippen LogP contribution in [-0.2, 0) is 4.74 Å². The van der Waals surface area contributed by atoms with Crippen LogP contribution in [0.2, 0.25) is 5.02 Å². The average Bonchev–Trinajstić information content (AvgIpc) is 2.19. The summed E-state index contributed by atoms with van der Waals surface area (Å²) in [6.45, 7) is 0. The molecule has 0 aromatic heterocycles. The predicted octanol–water partition coefficient (Wildman–Crippen LogP) is 2.54. The van der Waals surface area contributed by atoms with E-state index < -0.39 is 34.0 Å². The number of esters is 1. The standard InChI is InChI=1S/C8H4ClF3O2/c1-14-8(13)3-2-4(10)5(9)7(12)6(3)11/h2H,1H3. The molecule has 1 aromatic carbocycles. The van der Waals surface area contributed by atoms with E-state index >= 15 is 0 Å². The predicted molar refractivity (Wildman–Crippen MR) is 42.7 cm³/mol. The van der Waals surface area contributed by atoms with Gasteiger partial charge in [-0.05, 0) is 6.07 Å². The largest absolute Gasteiger partial charge is 0.465 e. The molecule has 0 N–H and O–H groups in total. The van der Waals surface area contributed by atoms with E-state index in [0.29, 0.717) is 6.07 Å². The summed E-state index contributed by atoms with van der Waals surface area (Å²) in [5, 5.41) is -0.991. The first-order chi connectivity index (χ1) is 6.49. The third-order valence-corrected chi connectivity index (χ3v) is 1.85. The van der Waals surface area contributed by atoms with Crippen molar-refractivity contribution in [1.29, 1.82) is 0 Å². The van der Waals surface area contributed by atoms with Crippen molar-refractivity contribution in [2.45, 2.75) is 0 Å². The normalized spacial score (nSPS) is 10.1. The highest BCUT2D eigenvalue weighted by Crippen LogP contribution is 2.24. The lowest BCUT2D eigenvalue weighted by Gasteiger charge is -2.03. The summed E-state index contributed by atoms with van der Waals surface area (Å²) in [5.41, 5.74) is -0.827. The second-order valence-electron chi connectivity index (χ2n) is 2.34. The van der Waals surface area contributed by atoms with Gasteiger partial charge < -0.3 is 4.74 Å². The van der Waals surface area contributed by atoms with Gasteiger partial charge >= 0.3 is 5.97 Å². The molecule has 0 saturated carbocycles. The highest BCUT2D eigenvalue weighted by atomic mass is 35.5. The zero-order chi connectivity index (χ0) is 10.9. The number of rotatable bonds is 1. The molecule has 1 aromatic rings. The number of halogens is 4. The van der Waals surface area contributed by atoms with E-state index in [0.717, 1.165) is 7.11 Å². The summed E-state index contributed by atoms with van der Waals surface area (Å²) in [5.74, 6) is -5.52. The lowest BCUT2D eigenvalue weighted by molar-refractivity contribution is 0.0593. The van der Waals surface area contributed by atoms with Crippen molar-refractivity contribution < 1.29 is 22.7 Å². The summed E-state index contributed by atoms with van der Waals surface area (Å²) in [6.07, 6.45) is 0. The van der Waals surface area contributed by atoms with Crippen molar-refractivity contribution in [2.75, 3.05) is 7.11 Å². The van der Waals surface area contributed by atoms with Gasteiger partial charge in [0.1, 0.15) is 16.4 Å². The molecule has 14 heavy (non-hydrogen) atoms. The molecule has 0 bridgehead atoms. The van der Waals surface area contributed by atoms with Gasteiger partial charge in [0.15, 0.2) is 11.6 Å². The van der Waals surface area contributed by atoms with Crippen LogP contribution < -0.4 is 0 Å². The Morgan fingerprint density at radius 3 is 2.43 bits per heavy atom. The molecule has 2 nitrogen and oxygen atoms in total. The lowest BCUT2D eigenvalue weighted by atomic mass is 10.2. The molecule has 0 aliphatic carbocycles. The summed E-state index contributed by atoms with van der Waals surface area (Å²) >= 11 is 5.06. The van der Waals surface area contributed by atoms with Crippen LogP contribution in [0.15, 0.2) is 6.07 Å². The van der Waals surface area contributed by atoms with Gasteiger partial charge in [-0.1, -0.05) is 11.6 Å². The Morgan fingerprint density at radius 2 is 1.93 bits per heavy atom. The van der Waals surface area contributed by atoms with Crippen LogP contribution in [0.5, 0.6) is 0 Å². The number of ether oxygens (including phenoxy) is 1. The Hall–Kier alpha value is -1.23. The minimum absolute atomic E-state index is 0.479. The van der Waals surface area contributed by atoms with E-state index in [1.54, 1.807) is 0 Å². The molecule has 0 aliphatic heterocycles. The maximum atomic E-state index is 13.0. The molecule has 0 amide bonds. The highest BCUT2D eigenvalue weighted by Gasteiger charge is 2.22. The first kappa shape index (κ1) is 10.8. The van der Waals surface area contributed by atoms with Gasteiger partial charge in [-0.2, -0.15) is 0 Å². The maximum Gasteiger partial charge on any atom is 0.341 e. The zero-order valence-corrected chi connectivity index (χ0v) is 7.66. The van der Waals surface area contributed by atoms with E-state index in [-0.39, 0.29) is 0 Å². The number of carbonyl (C=O) groups excluding carboxylic acids is 1. The third-order valence-electron chi connectivity index (χ3n) is 1.51. The Morgan fingerprint density at radius 1 is 1.36 bits per heavy atom. The smallest absolute Gasteiger partial charge is 0.341 e. The highest BCUT2D eigenvalue weighted by molar-refractivity contribution is 6.31. The van der Waals surface area contributed by atoms with Gasteiger partial charge in [-0.15, -0.1) is 0 Å². The molecule has 0 radical (unpaired) electrons. The molecule has 6 heteroatoms. The summed E-state index contributed by atoms with van der Waals surface area (Å²) in [6, 6.07) is 0.479. The molecule has 1 rings (SSSR count). The third kappa shape index (κ3) is 1.68. The Bertz CT molecular complexity index is 393. The van der Waals surface area contributed by atoms with Crippen molar-refractivity contribution in [3.63, 3.8) is 0 Å². The lowest BCUT2D eigenvalue weighted by Crippen LogP contribution is -2.07. The van der Waals surface area contributed by atoms with Gasteiger partial charge in [0.2, 0.25) is 0 Å². The van der Waals surface area contributed by atoms with Gasteiger partial charge in [0.25, 0.3) is 0 Å². The first-order valence-electron chi connectivity index (χ1n) is 3.40. The van der Waals surface area contributed by atoms with E-state index in [1.807, 2.05) is 0 Å². The molecule has 0 spiro atoms. The van der Waals surface area contributed by atoms with Crippen LogP contribution in [0, 0.1) is 17.5 Å². The molecule has 0 heterocycles. The molecule has 0 fully saturated rings. The summed E-state index contributed by atoms with van der Waals surface area (Å²) in [7, 11) is 0.964. The fraction of sp³-hybridized carbons (Fsp3) is 0.125. The van der Waals surface area contributed by atoms with Gasteiger partial charge in [-0.25, -0.2) is 18.0 Å². The van der Waals surface area contributed by atoms with Crippen LogP contribution in [-0.4, -0.2) is 13.1 Å². The zero-order valence-electron chi connectivity index (χ0n) is 6.91. The van der Waals surface area contributed by atoms with Crippen molar-refractivity contribution in [3.05, 3.63) is 34.1 Å². The summed E-state index contributed by atoms with van der Waals surface area (Å²) < 4.78 is 42.6. The fourth-order valence-electron chi connectivity index (χ4n) is 0.831. The number of hydrogen-bond acceptors (Lipinski definition) is 2. The molecular weight excluding hydrogens is 221 g/mol. The van der Waals surface area contributed by atoms with Gasteiger partial charge in [0, 0.05) is 0 Å². The summed E-state index contributed by atoms with van der Waals surface area (Å²) in [4.78, 5) is 10.8. The molecular formula is C8H4ClF3O2. The molecule has 0 saturated heterocycles. The van der Waals surface area contributed by atoms with Gasteiger partial charge in [0.05, 0.1) is 7.11 Å². The van der Waals surface area contributed by atoms with Crippen LogP contribution in [0.4, 0.5) is 13.2 Å². The first-order valence-corrected chi connectivity index (χ1v) is 3.78. The van der Waals surface area contributed by atoms with Crippen LogP contribution in [0.1, 0.15) is 10.4 Å². The van der Waals surface area contributed by atoms with Gasteiger partial charge in [-0.3, -0.25) is 0 Å².